The van der Waals surface area contributed by atoms with Crippen LogP contribution in [0.3, 0.4) is 0 Å². The number of carbonyl (C=O) groups excluding carboxylic acids is 1. The molecule has 0 fully saturated rings. The summed E-state index contributed by atoms with van der Waals surface area (Å²) in [6.45, 7) is 4.03. The normalized spacial score (nSPS) is 11.7. The zero-order valence-corrected chi connectivity index (χ0v) is 15.6. The molecule has 0 bridgehead atoms. The summed E-state index contributed by atoms with van der Waals surface area (Å²) in [6.07, 6.45) is 4.82. The van der Waals surface area contributed by atoms with E-state index in [9.17, 15) is 13.2 Å². The lowest BCUT2D eigenvalue weighted by atomic mass is 10.1. The Morgan fingerprint density at radius 2 is 1.69 bits per heavy atom. The Morgan fingerprint density at radius 3 is 2.23 bits per heavy atom. The van der Waals surface area contributed by atoms with Crippen molar-refractivity contribution in [3.8, 4) is 5.75 Å². The van der Waals surface area contributed by atoms with E-state index in [1.807, 2.05) is 24.3 Å². The van der Waals surface area contributed by atoms with Gasteiger partial charge >= 0.3 is 0 Å². The number of ketones is 1. The summed E-state index contributed by atoms with van der Waals surface area (Å²) in [4.78, 5) is 12.4. The molecule has 0 unspecified atom stereocenters. The first-order chi connectivity index (χ1) is 12.3. The Morgan fingerprint density at radius 1 is 1.08 bits per heavy atom. The van der Waals surface area contributed by atoms with E-state index in [0.29, 0.717) is 12.2 Å². The van der Waals surface area contributed by atoms with E-state index in [0.717, 1.165) is 15.6 Å². The highest BCUT2D eigenvalue weighted by atomic mass is 32.2. The van der Waals surface area contributed by atoms with Crippen LogP contribution < -0.4 is 4.74 Å². The van der Waals surface area contributed by atoms with E-state index >= 15 is 0 Å². The fourth-order valence-corrected chi connectivity index (χ4v) is 3.00. The van der Waals surface area contributed by atoms with E-state index in [1.54, 1.807) is 12.2 Å². The Balaban J connectivity index is 2.07. The summed E-state index contributed by atoms with van der Waals surface area (Å²) >= 11 is 0. The Bertz CT molecular complexity index is 896. The second-order valence-corrected chi connectivity index (χ2v) is 7.83. The second kappa shape index (κ2) is 8.60. The van der Waals surface area contributed by atoms with Gasteiger partial charge in [-0.25, -0.2) is 12.7 Å². The topological polar surface area (TPSA) is 63.7 Å². The van der Waals surface area contributed by atoms with Crippen LogP contribution in [0.15, 0.2) is 72.2 Å². The lowest BCUT2D eigenvalue weighted by molar-refractivity contribution is 0.104. The molecule has 0 saturated carbocycles. The zero-order valence-electron chi connectivity index (χ0n) is 14.8. The minimum Gasteiger partial charge on any atom is -0.490 e. The minimum absolute atomic E-state index is 0.151. The van der Waals surface area contributed by atoms with E-state index in [4.69, 9.17) is 4.74 Å². The standard InChI is InChI=1S/C20H21NO4S/c1-4-15-25-18-10-5-16(6-11-18)7-14-20(22)17-8-12-19(13-9-17)26(23,24)21(2)3/h4-14H,1,15H2,2-3H3/b14-7+. The van der Waals surface area contributed by atoms with Gasteiger partial charge in [-0.05, 0) is 48.0 Å². The number of sulfonamides is 1. The fourth-order valence-electron chi connectivity index (χ4n) is 2.10. The van der Waals surface area contributed by atoms with Gasteiger partial charge in [0.2, 0.25) is 10.0 Å². The molecule has 0 amide bonds. The number of allylic oxidation sites excluding steroid dienone is 1. The molecular formula is C20H21NO4S. The molecule has 0 aliphatic rings. The highest BCUT2D eigenvalue weighted by Gasteiger charge is 2.17. The van der Waals surface area contributed by atoms with Crippen molar-refractivity contribution in [1.29, 1.82) is 0 Å². The Kier molecular flexibility index (Phi) is 6.49. The van der Waals surface area contributed by atoms with Crippen LogP contribution in [0.25, 0.3) is 6.08 Å². The van der Waals surface area contributed by atoms with Gasteiger partial charge in [0, 0.05) is 19.7 Å². The molecule has 2 aromatic carbocycles. The molecule has 0 aromatic heterocycles. The molecule has 26 heavy (non-hydrogen) atoms. The van der Waals surface area contributed by atoms with Crippen molar-refractivity contribution in [3.05, 3.63) is 78.4 Å². The SMILES string of the molecule is C=CCOc1ccc(/C=C/C(=O)c2ccc(S(=O)(=O)N(C)C)cc2)cc1. The highest BCUT2D eigenvalue weighted by Crippen LogP contribution is 2.16. The molecule has 2 aromatic rings. The van der Waals surface area contributed by atoms with Crippen molar-refractivity contribution >= 4 is 21.9 Å². The zero-order chi connectivity index (χ0) is 19.2. The maximum absolute atomic E-state index is 12.2. The quantitative estimate of drug-likeness (QED) is 0.405. The van der Waals surface area contributed by atoms with E-state index in [1.165, 1.54) is 44.4 Å². The summed E-state index contributed by atoms with van der Waals surface area (Å²) in [5.41, 5.74) is 1.28. The van der Waals surface area contributed by atoms with Crippen LogP contribution in [0.1, 0.15) is 15.9 Å². The minimum atomic E-state index is -3.50. The first-order valence-electron chi connectivity index (χ1n) is 7.93. The van der Waals surface area contributed by atoms with Crippen molar-refractivity contribution in [1.82, 2.24) is 4.31 Å². The number of hydrogen-bond donors (Lipinski definition) is 0. The van der Waals surface area contributed by atoms with Crippen LogP contribution in [0, 0.1) is 0 Å². The van der Waals surface area contributed by atoms with Crippen LogP contribution in [-0.4, -0.2) is 39.2 Å². The molecule has 0 spiro atoms. The molecule has 136 valence electrons. The van der Waals surface area contributed by atoms with Crippen LogP contribution in [0.2, 0.25) is 0 Å². The molecule has 0 aliphatic heterocycles. The Hall–Kier alpha value is -2.70. The number of ether oxygens (including phenoxy) is 1. The largest absolute Gasteiger partial charge is 0.490 e. The molecular weight excluding hydrogens is 350 g/mol. The third-order valence-corrected chi connectivity index (χ3v) is 5.42. The number of rotatable bonds is 8. The summed E-state index contributed by atoms with van der Waals surface area (Å²) in [5, 5.41) is 0. The van der Waals surface area contributed by atoms with Crippen LogP contribution in [0.4, 0.5) is 0 Å². The van der Waals surface area contributed by atoms with Crippen molar-refractivity contribution in [3.63, 3.8) is 0 Å². The molecule has 0 aliphatic carbocycles. The molecule has 6 heteroatoms. The van der Waals surface area contributed by atoms with Crippen LogP contribution in [-0.2, 0) is 10.0 Å². The maximum atomic E-state index is 12.2. The predicted molar refractivity (Wildman–Crippen MR) is 103 cm³/mol. The summed E-state index contributed by atoms with van der Waals surface area (Å²) in [5.74, 6) is 0.525. The van der Waals surface area contributed by atoms with E-state index in [2.05, 4.69) is 6.58 Å². The van der Waals surface area contributed by atoms with Gasteiger partial charge in [0.25, 0.3) is 0 Å². The van der Waals surface area contributed by atoms with Gasteiger partial charge in [-0.3, -0.25) is 4.79 Å². The first-order valence-corrected chi connectivity index (χ1v) is 9.37. The second-order valence-electron chi connectivity index (χ2n) is 5.68. The number of hydrogen-bond acceptors (Lipinski definition) is 4. The van der Waals surface area contributed by atoms with Gasteiger partial charge in [-0.15, -0.1) is 0 Å². The van der Waals surface area contributed by atoms with Gasteiger partial charge in [-0.1, -0.05) is 30.9 Å². The smallest absolute Gasteiger partial charge is 0.242 e. The first kappa shape index (κ1) is 19.6. The van der Waals surface area contributed by atoms with Crippen molar-refractivity contribution < 1.29 is 17.9 Å². The van der Waals surface area contributed by atoms with Crippen molar-refractivity contribution in [2.75, 3.05) is 20.7 Å². The van der Waals surface area contributed by atoms with Crippen LogP contribution >= 0.6 is 0 Å². The van der Waals surface area contributed by atoms with Gasteiger partial charge in [0.05, 0.1) is 4.90 Å². The van der Waals surface area contributed by atoms with Gasteiger partial charge in [-0.2, -0.15) is 0 Å². The average Bonchev–Trinajstić information content (AvgIpc) is 2.65. The number of carbonyl (C=O) groups is 1. The van der Waals surface area contributed by atoms with Gasteiger partial charge in [0.1, 0.15) is 12.4 Å². The molecule has 2 rings (SSSR count). The third-order valence-electron chi connectivity index (χ3n) is 3.59. The van der Waals surface area contributed by atoms with Gasteiger partial charge < -0.3 is 4.74 Å². The molecule has 0 atom stereocenters. The summed E-state index contributed by atoms with van der Waals surface area (Å²) < 4.78 is 30.6. The third kappa shape index (κ3) is 4.91. The summed E-state index contributed by atoms with van der Waals surface area (Å²) in [7, 11) is -0.573. The van der Waals surface area contributed by atoms with E-state index in [-0.39, 0.29) is 10.7 Å². The molecule has 5 nitrogen and oxygen atoms in total. The lowest BCUT2D eigenvalue weighted by Gasteiger charge is -2.11. The molecule has 0 N–H and O–H groups in total. The molecule has 0 radical (unpaired) electrons. The molecule has 0 heterocycles. The van der Waals surface area contributed by atoms with Gasteiger partial charge in [0.15, 0.2) is 5.78 Å². The lowest BCUT2D eigenvalue weighted by Crippen LogP contribution is -2.22. The monoisotopic (exact) mass is 371 g/mol. The number of benzene rings is 2. The van der Waals surface area contributed by atoms with Crippen molar-refractivity contribution in [2.24, 2.45) is 0 Å². The average molecular weight is 371 g/mol. The number of nitrogens with zero attached hydrogens (tertiary/aromatic N) is 1. The maximum Gasteiger partial charge on any atom is 0.242 e. The fraction of sp³-hybridized carbons (Fsp3) is 0.150. The summed E-state index contributed by atoms with van der Waals surface area (Å²) in [6, 6.07) is 13.2. The highest BCUT2D eigenvalue weighted by molar-refractivity contribution is 7.89. The van der Waals surface area contributed by atoms with E-state index < -0.39 is 10.0 Å². The predicted octanol–water partition coefficient (Wildman–Crippen LogP) is 3.40. The van der Waals surface area contributed by atoms with Crippen molar-refractivity contribution in [2.45, 2.75) is 4.90 Å². The van der Waals surface area contributed by atoms with Crippen LogP contribution in [0.5, 0.6) is 5.75 Å². The Labute approximate surface area is 154 Å². The molecule has 0 saturated heterocycles.